The first-order chi connectivity index (χ1) is 9.43. The Morgan fingerprint density at radius 2 is 1.70 bits per heavy atom. The maximum absolute atomic E-state index is 11.6. The summed E-state index contributed by atoms with van der Waals surface area (Å²) >= 11 is 0. The topological polar surface area (TPSA) is 78.4 Å². The monoisotopic (exact) mass is 300 g/mol. The zero-order valence-corrected chi connectivity index (χ0v) is 13.1. The van der Waals surface area contributed by atoms with Gasteiger partial charge in [0.1, 0.15) is 0 Å². The number of benzene rings is 1. The second-order valence-corrected chi connectivity index (χ2v) is 6.84. The second-order valence-electron chi connectivity index (χ2n) is 4.95. The van der Waals surface area contributed by atoms with E-state index >= 15 is 0 Å². The summed E-state index contributed by atoms with van der Waals surface area (Å²) in [5, 5.41) is 12.8. The van der Waals surface area contributed by atoms with E-state index in [4.69, 9.17) is 0 Å². The fourth-order valence-electron chi connectivity index (χ4n) is 1.94. The maximum Gasteiger partial charge on any atom is 0.240 e. The van der Waals surface area contributed by atoms with Gasteiger partial charge in [-0.05, 0) is 44.2 Å². The van der Waals surface area contributed by atoms with Gasteiger partial charge in [0.15, 0.2) is 0 Å². The molecule has 1 aromatic carbocycles. The van der Waals surface area contributed by atoms with Crippen LogP contribution in [-0.4, -0.2) is 33.7 Å². The third-order valence-corrected chi connectivity index (χ3v) is 5.37. The van der Waals surface area contributed by atoms with E-state index in [9.17, 15) is 13.5 Å². The predicted octanol–water partition coefficient (Wildman–Crippen LogP) is 1.81. The first-order valence-electron chi connectivity index (χ1n) is 6.81. The molecule has 0 spiro atoms. The number of hydrogen-bond donors (Lipinski definition) is 3. The van der Waals surface area contributed by atoms with Crippen molar-refractivity contribution in [1.29, 1.82) is 0 Å². The van der Waals surface area contributed by atoms with Crippen molar-refractivity contribution in [3.8, 4) is 0 Å². The Hall–Kier alpha value is -1.11. The van der Waals surface area contributed by atoms with Crippen molar-refractivity contribution in [3.63, 3.8) is 0 Å². The van der Waals surface area contributed by atoms with Crippen LogP contribution in [0.4, 0.5) is 5.69 Å². The van der Waals surface area contributed by atoms with Crippen LogP contribution in [0, 0.1) is 5.41 Å². The average molecular weight is 300 g/mol. The van der Waals surface area contributed by atoms with Crippen LogP contribution >= 0.6 is 0 Å². The highest BCUT2D eigenvalue weighted by atomic mass is 32.2. The van der Waals surface area contributed by atoms with Crippen molar-refractivity contribution >= 4 is 15.7 Å². The Labute approximate surface area is 121 Å². The van der Waals surface area contributed by atoms with Crippen molar-refractivity contribution in [2.45, 2.75) is 31.6 Å². The lowest BCUT2D eigenvalue weighted by Crippen LogP contribution is -2.32. The highest BCUT2D eigenvalue weighted by Gasteiger charge is 2.24. The van der Waals surface area contributed by atoms with E-state index in [1.807, 2.05) is 0 Å². The molecular weight excluding hydrogens is 276 g/mol. The van der Waals surface area contributed by atoms with Gasteiger partial charge in [-0.15, -0.1) is 0 Å². The average Bonchev–Trinajstić information content (AvgIpc) is 2.50. The van der Waals surface area contributed by atoms with E-state index in [1.165, 1.54) is 7.05 Å². The molecule has 0 saturated heterocycles. The lowest BCUT2D eigenvalue weighted by atomic mass is 9.83. The lowest BCUT2D eigenvalue weighted by Gasteiger charge is -2.30. The molecule has 0 saturated carbocycles. The van der Waals surface area contributed by atoms with E-state index in [0.717, 1.165) is 18.5 Å². The lowest BCUT2D eigenvalue weighted by molar-refractivity contribution is 0.127. The minimum Gasteiger partial charge on any atom is -0.396 e. The van der Waals surface area contributed by atoms with Crippen LogP contribution in [0.25, 0.3) is 0 Å². The summed E-state index contributed by atoms with van der Waals surface area (Å²) in [5.41, 5.74) is 0.718. The zero-order valence-electron chi connectivity index (χ0n) is 12.3. The van der Waals surface area contributed by atoms with Gasteiger partial charge in [-0.2, -0.15) is 0 Å². The molecule has 0 aliphatic heterocycles. The minimum absolute atomic E-state index is 0.129. The van der Waals surface area contributed by atoms with Gasteiger partial charge in [-0.1, -0.05) is 13.8 Å². The molecule has 0 amide bonds. The molecule has 0 aliphatic rings. The van der Waals surface area contributed by atoms with E-state index in [0.29, 0.717) is 6.54 Å². The molecule has 3 N–H and O–H groups in total. The molecule has 0 fully saturated rings. The molecule has 114 valence electrons. The Kier molecular flexibility index (Phi) is 5.98. The summed E-state index contributed by atoms with van der Waals surface area (Å²) in [6.07, 6.45) is 1.78. The third-order valence-electron chi connectivity index (χ3n) is 3.94. The number of rotatable bonds is 8. The molecule has 1 rings (SSSR count). The van der Waals surface area contributed by atoms with Gasteiger partial charge < -0.3 is 10.4 Å². The molecular formula is C14H24N2O3S. The highest BCUT2D eigenvalue weighted by molar-refractivity contribution is 7.89. The molecule has 5 nitrogen and oxygen atoms in total. The first kappa shape index (κ1) is 16.9. The van der Waals surface area contributed by atoms with Gasteiger partial charge in [0, 0.05) is 17.6 Å². The van der Waals surface area contributed by atoms with Gasteiger partial charge in [0.25, 0.3) is 0 Å². The van der Waals surface area contributed by atoms with E-state index in [-0.39, 0.29) is 16.9 Å². The number of anilines is 1. The molecule has 0 aromatic heterocycles. The standard InChI is InChI=1S/C14H24N2O3S/c1-4-14(5-2,11-17)10-16-12-6-8-13(9-7-12)20(18,19)15-3/h6-9,15-17H,4-5,10-11H2,1-3H3. The minimum atomic E-state index is -3.39. The summed E-state index contributed by atoms with van der Waals surface area (Å²) in [7, 11) is -2.00. The van der Waals surface area contributed by atoms with E-state index < -0.39 is 10.0 Å². The molecule has 0 atom stereocenters. The number of sulfonamides is 1. The van der Waals surface area contributed by atoms with Crippen molar-refractivity contribution in [1.82, 2.24) is 4.72 Å². The number of nitrogens with one attached hydrogen (secondary N) is 2. The maximum atomic E-state index is 11.6. The van der Waals surface area contributed by atoms with Crippen LogP contribution in [-0.2, 0) is 10.0 Å². The smallest absolute Gasteiger partial charge is 0.240 e. The molecule has 0 bridgehead atoms. The summed E-state index contributed by atoms with van der Waals surface area (Å²) in [5.74, 6) is 0. The van der Waals surface area contributed by atoms with Crippen LogP contribution in [0.1, 0.15) is 26.7 Å². The molecule has 0 radical (unpaired) electrons. The SMILES string of the molecule is CCC(CC)(CO)CNc1ccc(S(=O)(=O)NC)cc1. The predicted molar refractivity (Wildman–Crippen MR) is 81.3 cm³/mol. The third kappa shape index (κ3) is 3.94. The van der Waals surface area contributed by atoms with Crippen molar-refractivity contribution in [3.05, 3.63) is 24.3 Å². The fourth-order valence-corrected chi connectivity index (χ4v) is 2.67. The molecule has 0 unspecified atom stereocenters. The number of aliphatic hydroxyl groups is 1. The van der Waals surface area contributed by atoms with Gasteiger partial charge >= 0.3 is 0 Å². The van der Waals surface area contributed by atoms with Gasteiger partial charge in [0.2, 0.25) is 10.0 Å². The zero-order chi connectivity index (χ0) is 15.2. The van der Waals surface area contributed by atoms with Gasteiger partial charge in [-0.3, -0.25) is 0 Å². The Morgan fingerprint density at radius 1 is 1.15 bits per heavy atom. The summed E-state index contributed by atoms with van der Waals surface area (Å²) in [6.45, 7) is 4.92. The summed E-state index contributed by atoms with van der Waals surface area (Å²) in [4.78, 5) is 0.241. The Morgan fingerprint density at radius 3 is 2.10 bits per heavy atom. The van der Waals surface area contributed by atoms with Gasteiger partial charge in [0.05, 0.1) is 11.5 Å². The Bertz CT molecular complexity index is 499. The van der Waals surface area contributed by atoms with Crippen LogP contribution < -0.4 is 10.0 Å². The van der Waals surface area contributed by atoms with E-state index in [2.05, 4.69) is 23.9 Å². The largest absolute Gasteiger partial charge is 0.396 e. The first-order valence-corrected chi connectivity index (χ1v) is 8.29. The van der Waals surface area contributed by atoms with Crippen molar-refractivity contribution in [2.75, 3.05) is 25.5 Å². The molecule has 0 heterocycles. The Balaban J connectivity index is 2.76. The van der Waals surface area contributed by atoms with Crippen LogP contribution in [0.5, 0.6) is 0 Å². The molecule has 20 heavy (non-hydrogen) atoms. The molecule has 6 heteroatoms. The van der Waals surface area contributed by atoms with Crippen LogP contribution in [0.15, 0.2) is 29.2 Å². The number of hydrogen-bond acceptors (Lipinski definition) is 4. The normalized spacial score (nSPS) is 12.4. The summed E-state index contributed by atoms with van der Waals surface area (Å²) in [6, 6.07) is 6.59. The second kappa shape index (κ2) is 7.06. The quantitative estimate of drug-likeness (QED) is 0.684. The van der Waals surface area contributed by atoms with Crippen molar-refractivity contribution < 1.29 is 13.5 Å². The highest BCUT2D eigenvalue weighted by Crippen LogP contribution is 2.26. The van der Waals surface area contributed by atoms with Gasteiger partial charge in [-0.25, -0.2) is 13.1 Å². The van der Waals surface area contributed by atoms with Crippen LogP contribution in [0.2, 0.25) is 0 Å². The van der Waals surface area contributed by atoms with Crippen LogP contribution in [0.3, 0.4) is 0 Å². The summed E-state index contributed by atoms with van der Waals surface area (Å²) < 4.78 is 25.5. The van der Waals surface area contributed by atoms with E-state index in [1.54, 1.807) is 24.3 Å². The molecule has 0 aliphatic carbocycles. The fraction of sp³-hybridized carbons (Fsp3) is 0.571. The number of aliphatic hydroxyl groups excluding tert-OH is 1. The van der Waals surface area contributed by atoms with Crippen molar-refractivity contribution in [2.24, 2.45) is 5.41 Å². The molecule has 1 aromatic rings.